The molecule has 5 nitrogen and oxygen atoms in total. The molecule has 0 heterocycles. The number of hydrogen-bond donors (Lipinski definition) is 3. The first-order valence-electron chi connectivity index (χ1n) is 7.89. The zero-order chi connectivity index (χ0) is 19.2. The summed E-state index contributed by atoms with van der Waals surface area (Å²) in [5.74, 6) is -0.628. The van der Waals surface area contributed by atoms with Crippen LogP contribution in [0.25, 0.3) is 0 Å². The molecule has 2 amide bonds. The minimum absolute atomic E-state index is 0.0654. The van der Waals surface area contributed by atoms with Gasteiger partial charge in [0, 0.05) is 23.5 Å². The Labute approximate surface area is 148 Å². The quantitative estimate of drug-likeness (QED) is 0.722. The van der Waals surface area contributed by atoms with E-state index in [0.717, 1.165) is 12.1 Å². The summed E-state index contributed by atoms with van der Waals surface area (Å²) in [5, 5.41) is 7.96. The van der Waals surface area contributed by atoms with E-state index < -0.39 is 17.6 Å². The zero-order valence-corrected chi connectivity index (χ0v) is 14.0. The lowest BCUT2D eigenvalue weighted by atomic mass is 10.2. The minimum atomic E-state index is -4.47. The molecule has 2 aromatic rings. The first-order valence-corrected chi connectivity index (χ1v) is 7.89. The Hall–Kier alpha value is -3.03. The molecule has 0 aliphatic carbocycles. The molecule has 0 aromatic heterocycles. The van der Waals surface area contributed by atoms with Crippen molar-refractivity contribution in [3.63, 3.8) is 0 Å². The molecule has 0 aliphatic rings. The van der Waals surface area contributed by atoms with Crippen molar-refractivity contribution in [1.29, 1.82) is 0 Å². The molecule has 8 heteroatoms. The lowest BCUT2D eigenvalue weighted by molar-refractivity contribution is -0.137. The summed E-state index contributed by atoms with van der Waals surface area (Å²) in [5.41, 5.74) is 0.413. The first kappa shape index (κ1) is 19.3. The number of alkyl halides is 3. The molecule has 0 saturated carbocycles. The number of carbonyl (C=O) groups is 2. The zero-order valence-electron chi connectivity index (χ0n) is 14.0. The highest BCUT2D eigenvalue weighted by atomic mass is 19.4. The van der Waals surface area contributed by atoms with Crippen LogP contribution in [0.1, 0.15) is 18.9 Å². The monoisotopic (exact) mass is 365 g/mol. The molecule has 2 rings (SSSR count). The van der Waals surface area contributed by atoms with E-state index in [1.165, 1.54) is 12.1 Å². The summed E-state index contributed by atoms with van der Waals surface area (Å²) in [6.45, 7) is 1.59. The first-order chi connectivity index (χ1) is 12.3. The van der Waals surface area contributed by atoms with E-state index in [-0.39, 0.29) is 18.1 Å². The summed E-state index contributed by atoms with van der Waals surface area (Å²) < 4.78 is 38.0. The highest BCUT2D eigenvalue weighted by Crippen LogP contribution is 2.30. The van der Waals surface area contributed by atoms with E-state index in [9.17, 15) is 22.8 Å². The van der Waals surface area contributed by atoms with E-state index in [1.54, 1.807) is 31.2 Å². The standard InChI is InChI=1S/C18H18F3N3O2/c1-2-16(25)23-15-8-4-6-13(10-15)22-11-17(26)24-14-7-3-5-12(9-14)18(19,20)21/h3-10,22H,2,11H2,1H3,(H,23,25)(H,24,26). The Bertz CT molecular complexity index is 791. The Kier molecular flexibility index (Phi) is 6.21. The van der Waals surface area contributed by atoms with Crippen LogP contribution in [-0.4, -0.2) is 18.4 Å². The molecule has 0 saturated heterocycles. The van der Waals surface area contributed by atoms with Crippen molar-refractivity contribution < 1.29 is 22.8 Å². The highest BCUT2D eigenvalue weighted by Gasteiger charge is 2.30. The minimum Gasteiger partial charge on any atom is -0.376 e. The number of amides is 2. The van der Waals surface area contributed by atoms with Crippen molar-refractivity contribution in [1.82, 2.24) is 0 Å². The summed E-state index contributed by atoms with van der Waals surface area (Å²) in [4.78, 5) is 23.3. The van der Waals surface area contributed by atoms with Gasteiger partial charge in [-0.1, -0.05) is 19.1 Å². The fraction of sp³-hybridized carbons (Fsp3) is 0.222. The van der Waals surface area contributed by atoms with Crippen molar-refractivity contribution in [3.05, 3.63) is 54.1 Å². The van der Waals surface area contributed by atoms with Gasteiger partial charge < -0.3 is 16.0 Å². The van der Waals surface area contributed by atoms with E-state index in [1.807, 2.05) is 0 Å². The van der Waals surface area contributed by atoms with Crippen LogP contribution in [0.4, 0.5) is 30.2 Å². The third-order valence-electron chi connectivity index (χ3n) is 3.39. The van der Waals surface area contributed by atoms with Gasteiger partial charge in [0.2, 0.25) is 11.8 Å². The summed E-state index contributed by atoms with van der Waals surface area (Å²) >= 11 is 0. The lowest BCUT2D eigenvalue weighted by Crippen LogP contribution is -2.22. The van der Waals surface area contributed by atoms with Gasteiger partial charge in [-0.25, -0.2) is 0 Å². The third kappa shape index (κ3) is 5.80. The molecule has 0 unspecified atom stereocenters. The molecule has 0 atom stereocenters. The molecule has 3 N–H and O–H groups in total. The van der Waals surface area contributed by atoms with Crippen molar-refractivity contribution in [2.75, 3.05) is 22.5 Å². The second-order valence-corrected chi connectivity index (χ2v) is 5.46. The van der Waals surface area contributed by atoms with Gasteiger partial charge in [-0.3, -0.25) is 9.59 Å². The normalized spacial score (nSPS) is 10.9. The van der Waals surface area contributed by atoms with Crippen molar-refractivity contribution >= 4 is 28.9 Å². The van der Waals surface area contributed by atoms with Gasteiger partial charge in [-0.2, -0.15) is 13.2 Å². The lowest BCUT2D eigenvalue weighted by Gasteiger charge is -2.11. The number of nitrogens with one attached hydrogen (secondary N) is 3. The Morgan fingerprint density at radius 1 is 0.885 bits per heavy atom. The van der Waals surface area contributed by atoms with Gasteiger partial charge in [0.05, 0.1) is 12.1 Å². The van der Waals surface area contributed by atoms with Crippen molar-refractivity contribution in [2.45, 2.75) is 19.5 Å². The van der Waals surface area contributed by atoms with Crippen LogP contribution in [0.3, 0.4) is 0 Å². The van der Waals surface area contributed by atoms with Gasteiger partial charge in [0.1, 0.15) is 0 Å². The molecular weight excluding hydrogens is 347 g/mol. The second-order valence-electron chi connectivity index (χ2n) is 5.46. The number of rotatable bonds is 6. The average molecular weight is 365 g/mol. The molecule has 0 fully saturated rings. The molecule has 0 aliphatic heterocycles. The van der Waals surface area contributed by atoms with E-state index >= 15 is 0 Å². The molecule has 0 radical (unpaired) electrons. The van der Waals surface area contributed by atoms with Crippen molar-refractivity contribution in [3.8, 4) is 0 Å². The van der Waals surface area contributed by atoms with Crippen LogP contribution >= 0.6 is 0 Å². The summed E-state index contributed by atoms with van der Waals surface area (Å²) in [7, 11) is 0. The maximum atomic E-state index is 12.7. The van der Waals surface area contributed by atoms with Gasteiger partial charge in [-0.15, -0.1) is 0 Å². The van der Waals surface area contributed by atoms with Crippen LogP contribution in [0.15, 0.2) is 48.5 Å². The smallest absolute Gasteiger partial charge is 0.376 e. The Balaban J connectivity index is 1.93. The SMILES string of the molecule is CCC(=O)Nc1cccc(NCC(=O)Nc2cccc(C(F)(F)F)c2)c1. The topological polar surface area (TPSA) is 70.2 Å². The average Bonchev–Trinajstić information content (AvgIpc) is 2.60. The maximum absolute atomic E-state index is 12.7. The van der Waals surface area contributed by atoms with Crippen LogP contribution in [0.5, 0.6) is 0 Å². The van der Waals surface area contributed by atoms with Crippen LogP contribution in [-0.2, 0) is 15.8 Å². The fourth-order valence-electron chi connectivity index (χ4n) is 2.12. The van der Waals surface area contributed by atoms with E-state index in [4.69, 9.17) is 0 Å². The van der Waals surface area contributed by atoms with Crippen molar-refractivity contribution in [2.24, 2.45) is 0 Å². The van der Waals surface area contributed by atoms with Crippen LogP contribution in [0, 0.1) is 0 Å². The maximum Gasteiger partial charge on any atom is 0.416 e. The van der Waals surface area contributed by atoms with Gasteiger partial charge in [0.25, 0.3) is 0 Å². The third-order valence-corrected chi connectivity index (χ3v) is 3.39. The molecular formula is C18H18F3N3O2. The number of benzene rings is 2. The Morgan fingerprint density at radius 3 is 2.12 bits per heavy atom. The second kappa shape index (κ2) is 8.37. The predicted octanol–water partition coefficient (Wildman–Crippen LogP) is 4.10. The molecule has 0 spiro atoms. The van der Waals surface area contributed by atoms with E-state index in [2.05, 4.69) is 16.0 Å². The van der Waals surface area contributed by atoms with Crippen LogP contribution in [0.2, 0.25) is 0 Å². The highest BCUT2D eigenvalue weighted by molar-refractivity contribution is 5.94. The molecule has 138 valence electrons. The van der Waals surface area contributed by atoms with Crippen LogP contribution < -0.4 is 16.0 Å². The Morgan fingerprint density at radius 2 is 1.46 bits per heavy atom. The van der Waals surface area contributed by atoms with E-state index in [0.29, 0.717) is 17.8 Å². The predicted molar refractivity (Wildman–Crippen MR) is 93.9 cm³/mol. The fourth-order valence-corrected chi connectivity index (χ4v) is 2.12. The molecule has 2 aromatic carbocycles. The van der Waals surface area contributed by atoms with Gasteiger partial charge in [-0.05, 0) is 36.4 Å². The summed E-state index contributed by atoms with van der Waals surface area (Å²) in [6, 6.07) is 11.2. The number of halogens is 3. The largest absolute Gasteiger partial charge is 0.416 e. The number of carbonyl (C=O) groups excluding carboxylic acids is 2. The summed E-state index contributed by atoms with van der Waals surface area (Å²) in [6.07, 6.45) is -4.13. The molecule has 26 heavy (non-hydrogen) atoms. The number of hydrogen-bond acceptors (Lipinski definition) is 3. The number of anilines is 3. The molecule has 0 bridgehead atoms. The van der Waals surface area contributed by atoms with Gasteiger partial charge >= 0.3 is 6.18 Å². The van der Waals surface area contributed by atoms with Gasteiger partial charge in [0.15, 0.2) is 0 Å².